The Morgan fingerprint density at radius 1 is 1.26 bits per heavy atom. The maximum absolute atomic E-state index is 12.3. The fraction of sp³-hybridized carbons (Fsp3) is 0.375. The lowest BCUT2D eigenvalue weighted by atomic mass is 10.1. The average Bonchev–Trinajstić information content (AvgIpc) is 3.28. The number of aromatic nitrogens is 1. The predicted octanol–water partition coefficient (Wildman–Crippen LogP) is 3.56. The highest BCUT2D eigenvalue weighted by Crippen LogP contribution is 2.42. The SMILES string of the molecule is Cc1nc(C2CC2)sc1C(=O)NCc1ccc(CN)cc1.Cl.Cl. The van der Waals surface area contributed by atoms with E-state index in [1.54, 1.807) is 0 Å². The van der Waals surface area contributed by atoms with Crippen LogP contribution in [0, 0.1) is 6.92 Å². The lowest BCUT2D eigenvalue weighted by Gasteiger charge is -2.05. The molecule has 0 aliphatic heterocycles. The first-order chi connectivity index (χ1) is 10.2. The van der Waals surface area contributed by atoms with Crippen LogP contribution in [0.15, 0.2) is 24.3 Å². The number of nitrogens with two attached hydrogens (primary N) is 1. The van der Waals surface area contributed by atoms with Gasteiger partial charge in [-0.3, -0.25) is 4.79 Å². The summed E-state index contributed by atoms with van der Waals surface area (Å²) < 4.78 is 0. The fourth-order valence-corrected chi connectivity index (χ4v) is 3.34. The number of thiazole rings is 1. The molecule has 0 unspecified atom stereocenters. The Balaban J connectivity index is 0.00000132. The van der Waals surface area contributed by atoms with Gasteiger partial charge in [0.1, 0.15) is 4.88 Å². The molecule has 7 heteroatoms. The lowest BCUT2D eigenvalue weighted by Crippen LogP contribution is -2.22. The van der Waals surface area contributed by atoms with Crippen LogP contribution in [0.3, 0.4) is 0 Å². The van der Waals surface area contributed by atoms with E-state index in [0.29, 0.717) is 19.0 Å². The topological polar surface area (TPSA) is 68.0 Å². The van der Waals surface area contributed by atoms with E-state index in [2.05, 4.69) is 10.3 Å². The number of nitrogens with zero attached hydrogens (tertiary/aromatic N) is 1. The molecule has 23 heavy (non-hydrogen) atoms. The quantitative estimate of drug-likeness (QED) is 0.841. The van der Waals surface area contributed by atoms with Gasteiger partial charge in [-0.25, -0.2) is 4.98 Å². The highest BCUT2D eigenvalue weighted by Gasteiger charge is 2.28. The third-order valence-electron chi connectivity index (χ3n) is 3.66. The maximum Gasteiger partial charge on any atom is 0.263 e. The van der Waals surface area contributed by atoms with Crippen molar-refractivity contribution in [3.63, 3.8) is 0 Å². The largest absolute Gasteiger partial charge is 0.347 e. The summed E-state index contributed by atoms with van der Waals surface area (Å²) >= 11 is 1.54. The van der Waals surface area contributed by atoms with Crippen molar-refractivity contribution in [2.75, 3.05) is 0 Å². The number of hydrogen-bond acceptors (Lipinski definition) is 4. The van der Waals surface area contributed by atoms with Gasteiger partial charge in [0, 0.05) is 19.0 Å². The van der Waals surface area contributed by atoms with Crippen LogP contribution in [0.25, 0.3) is 0 Å². The Bertz CT molecular complexity index is 654. The van der Waals surface area contributed by atoms with E-state index < -0.39 is 0 Å². The van der Waals surface area contributed by atoms with Gasteiger partial charge in [0.05, 0.1) is 10.7 Å². The number of aryl methyl sites for hydroxylation is 1. The first kappa shape index (κ1) is 19.9. The first-order valence-electron chi connectivity index (χ1n) is 7.21. The smallest absolute Gasteiger partial charge is 0.263 e. The molecule has 1 aromatic carbocycles. The lowest BCUT2D eigenvalue weighted by molar-refractivity contribution is 0.0954. The fourth-order valence-electron chi connectivity index (χ4n) is 2.19. The van der Waals surface area contributed by atoms with Gasteiger partial charge in [-0.2, -0.15) is 0 Å². The highest BCUT2D eigenvalue weighted by atomic mass is 35.5. The molecule has 1 aliphatic carbocycles. The number of benzene rings is 1. The summed E-state index contributed by atoms with van der Waals surface area (Å²) in [7, 11) is 0. The van der Waals surface area contributed by atoms with Gasteiger partial charge in [-0.05, 0) is 30.9 Å². The molecule has 1 amide bonds. The number of amides is 1. The normalized spacial score (nSPS) is 13.0. The van der Waals surface area contributed by atoms with Gasteiger partial charge in [0.25, 0.3) is 5.91 Å². The third kappa shape index (κ3) is 4.91. The molecule has 1 saturated carbocycles. The maximum atomic E-state index is 12.3. The number of rotatable bonds is 5. The Hall–Kier alpha value is -1.14. The van der Waals surface area contributed by atoms with Crippen molar-refractivity contribution < 1.29 is 4.79 Å². The third-order valence-corrected chi connectivity index (χ3v) is 4.98. The van der Waals surface area contributed by atoms with Crippen LogP contribution in [0.2, 0.25) is 0 Å². The second-order valence-electron chi connectivity index (χ2n) is 5.44. The second-order valence-corrected chi connectivity index (χ2v) is 6.47. The summed E-state index contributed by atoms with van der Waals surface area (Å²) in [5.74, 6) is 0.568. The minimum atomic E-state index is -0.0280. The van der Waals surface area contributed by atoms with Crippen LogP contribution >= 0.6 is 36.2 Å². The van der Waals surface area contributed by atoms with Crippen molar-refractivity contribution in [2.45, 2.75) is 38.8 Å². The van der Waals surface area contributed by atoms with Crippen LogP contribution < -0.4 is 11.1 Å². The Labute approximate surface area is 152 Å². The molecule has 1 heterocycles. The van der Waals surface area contributed by atoms with E-state index in [-0.39, 0.29) is 30.7 Å². The molecule has 4 nitrogen and oxygen atoms in total. The zero-order valence-corrected chi connectivity index (χ0v) is 15.3. The van der Waals surface area contributed by atoms with E-state index in [1.165, 1.54) is 24.2 Å². The van der Waals surface area contributed by atoms with Gasteiger partial charge < -0.3 is 11.1 Å². The Morgan fingerprint density at radius 2 is 1.87 bits per heavy atom. The number of carbonyl (C=O) groups excluding carboxylic acids is 1. The number of nitrogens with one attached hydrogen (secondary N) is 1. The van der Waals surface area contributed by atoms with Crippen LogP contribution in [-0.4, -0.2) is 10.9 Å². The number of hydrogen-bond donors (Lipinski definition) is 2. The minimum Gasteiger partial charge on any atom is -0.347 e. The molecule has 0 atom stereocenters. The van der Waals surface area contributed by atoms with E-state index in [4.69, 9.17) is 5.73 Å². The summed E-state index contributed by atoms with van der Waals surface area (Å²) in [4.78, 5) is 17.5. The summed E-state index contributed by atoms with van der Waals surface area (Å²) in [6, 6.07) is 7.98. The molecular formula is C16H21Cl2N3OS. The van der Waals surface area contributed by atoms with Crippen molar-refractivity contribution in [3.8, 4) is 0 Å². The molecule has 0 bridgehead atoms. The Morgan fingerprint density at radius 3 is 2.43 bits per heavy atom. The van der Waals surface area contributed by atoms with Crippen molar-refractivity contribution in [3.05, 3.63) is 51.0 Å². The number of carbonyl (C=O) groups is 1. The molecule has 0 spiro atoms. The van der Waals surface area contributed by atoms with Crippen LogP contribution in [0.4, 0.5) is 0 Å². The minimum absolute atomic E-state index is 0. The van der Waals surface area contributed by atoms with Crippen molar-refractivity contribution in [1.29, 1.82) is 0 Å². The van der Waals surface area contributed by atoms with E-state index in [1.807, 2.05) is 31.2 Å². The van der Waals surface area contributed by atoms with Gasteiger partial charge in [-0.1, -0.05) is 24.3 Å². The summed E-state index contributed by atoms with van der Waals surface area (Å²) in [5, 5.41) is 4.08. The van der Waals surface area contributed by atoms with Crippen molar-refractivity contribution >= 4 is 42.1 Å². The molecule has 1 aliphatic rings. The number of halogens is 2. The van der Waals surface area contributed by atoms with E-state index >= 15 is 0 Å². The molecule has 2 aromatic rings. The summed E-state index contributed by atoms with van der Waals surface area (Å²) in [6.07, 6.45) is 2.42. The average molecular weight is 374 g/mol. The van der Waals surface area contributed by atoms with Gasteiger partial charge in [-0.15, -0.1) is 36.2 Å². The van der Waals surface area contributed by atoms with Crippen molar-refractivity contribution in [2.24, 2.45) is 5.73 Å². The standard InChI is InChI=1S/C16H19N3OS.2ClH/c1-10-14(21-16(19-10)13-6-7-13)15(20)18-9-12-4-2-11(8-17)3-5-12;;/h2-5,13H,6-9,17H2,1H3,(H,18,20);2*1H. The monoisotopic (exact) mass is 373 g/mol. The van der Waals surface area contributed by atoms with Crippen LogP contribution in [-0.2, 0) is 13.1 Å². The molecular weight excluding hydrogens is 353 g/mol. The second kappa shape index (κ2) is 8.64. The van der Waals surface area contributed by atoms with E-state index in [9.17, 15) is 4.79 Å². The summed E-state index contributed by atoms with van der Waals surface area (Å²) in [5.41, 5.74) is 8.59. The van der Waals surface area contributed by atoms with Crippen LogP contribution in [0.1, 0.15) is 50.3 Å². The highest BCUT2D eigenvalue weighted by molar-refractivity contribution is 7.13. The van der Waals surface area contributed by atoms with E-state index in [0.717, 1.165) is 26.7 Å². The molecule has 126 valence electrons. The first-order valence-corrected chi connectivity index (χ1v) is 8.02. The summed E-state index contributed by atoms with van der Waals surface area (Å²) in [6.45, 7) is 2.98. The predicted molar refractivity (Wildman–Crippen MR) is 98.8 cm³/mol. The van der Waals surface area contributed by atoms with Crippen molar-refractivity contribution in [1.82, 2.24) is 10.3 Å². The molecule has 3 N–H and O–H groups in total. The molecule has 3 rings (SSSR count). The molecule has 1 fully saturated rings. The zero-order valence-electron chi connectivity index (χ0n) is 12.9. The Kier molecular flexibility index (Phi) is 7.48. The molecule has 0 radical (unpaired) electrons. The van der Waals surface area contributed by atoms with Crippen LogP contribution in [0.5, 0.6) is 0 Å². The zero-order chi connectivity index (χ0) is 14.8. The molecule has 1 aromatic heterocycles. The molecule has 0 saturated heterocycles. The van der Waals surface area contributed by atoms with Gasteiger partial charge >= 0.3 is 0 Å². The van der Waals surface area contributed by atoms with Gasteiger partial charge in [0.15, 0.2) is 0 Å². The van der Waals surface area contributed by atoms with Gasteiger partial charge in [0.2, 0.25) is 0 Å².